The summed E-state index contributed by atoms with van der Waals surface area (Å²) in [6.07, 6.45) is 0.748. The number of anilines is 1. The first-order valence-electron chi connectivity index (χ1n) is 8.55. The van der Waals surface area contributed by atoms with Crippen molar-refractivity contribution in [2.45, 2.75) is 6.92 Å². The number of nitrogens with zero attached hydrogens (tertiary/aromatic N) is 3. The third-order valence-electron chi connectivity index (χ3n) is 4.82. The van der Waals surface area contributed by atoms with Gasteiger partial charge in [-0.2, -0.15) is 0 Å². The van der Waals surface area contributed by atoms with Crippen molar-refractivity contribution < 1.29 is 9.90 Å². The predicted octanol–water partition coefficient (Wildman–Crippen LogP) is 2.63. The van der Waals surface area contributed by atoms with Crippen LogP contribution in [-0.4, -0.2) is 57.2 Å². The molecule has 1 aliphatic heterocycles. The van der Waals surface area contributed by atoms with Gasteiger partial charge in [-0.25, -0.2) is 9.78 Å². The van der Waals surface area contributed by atoms with Gasteiger partial charge in [0.05, 0.1) is 16.6 Å². The van der Waals surface area contributed by atoms with E-state index in [1.807, 2.05) is 19.1 Å². The van der Waals surface area contributed by atoms with Crippen LogP contribution in [0.15, 0.2) is 29.2 Å². The maximum absolute atomic E-state index is 12.2. The van der Waals surface area contributed by atoms with E-state index in [-0.39, 0.29) is 5.56 Å². The highest BCUT2D eigenvalue weighted by Crippen LogP contribution is 2.28. The summed E-state index contributed by atoms with van der Waals surface area (Å²) in [7, 11) is 0. The molecule has 27 heavy (non-hydrogen) atoms. The Morgan fingerprint density at radius 1 is 1.26 bits per heavy atom. The number of halogens is 1. The van der Waals surface area contributed by atoms with Gasteiger partial charge in [-0.15, -0.1) is 0 Å². The molecule has 0 aliphatic carbocycles. The van der Waals surface area contributed by atoms with Crippen molar-refractivity contribution in [3.8, 4) is 11.4 Å². The number of hydrogen-bond acceptors (Lipinski definition) is 4. The van der Waals surface area contributed by atoms with Crippen LogP contribution >= 0.6 is 22.6 Å². The molecule has 9 heteroatoms. The Kier molecular flexibility index (Phi) is 4.54. The van der Waals surface area contributed by atoms with Gasteiger partial charge in [-0.1, -0.05) is 0 Å². The molecule has 1 fully saturated rings. The van der Waals surface area contributed by atoms with E-state index in [2.05, 4.69) is 48.5 Å². The van der Waals surface area contributed by atoms with E-state index in [4.69, 9.17) is 5.11 Å². The van der Waals surface area contributed by atoms with E-state index >= 15 is 0 Å². The fourth-order valence-electron chi connectivity index (χ4n) is 3.40. The SMILES string of the molecule is Cc1cc(N2CCN(C(=O)O)CC2)cc2[nH]c(-c3c(I)cc[nH]c3=O)nc12. The van der Waals surface area contributed by atoms with E-state index in [1.54, 1.807) is 6.20 Å². The van der Waals surface area contributed by atoms with Crippen molar-refractivity contribution in [1.82, 2.24) is 19.9 Å². The smallest absolute Gasteiger partial charge is 0.407 e. The maximum atomic E-state index is 12.2. The van der Waals surface area contributed by atoms with Crippen LogP contribution in [-0.2, 0) is 0 Å². The highest BCUT2D eigenvalue weighted by atomic mass is 127. The second-order valence-corrected chi connectivity index (χ2v) is 7.69. The third kappa shape index (κ3) is 3.27. The van der Waals surface area contributed by atoms with E-state index in [1.165, 1.54) is 4.90 Å². The average Bonchev–Trinajstić information content (AvgIpc) is 3.06. The van der Waals surface area contributed by atoms with Gasteiger partial charge in [0, 0.05) is 41.6 Å². The molecule has 0 unspecified atom stereocenters. The molecule has 2 aromatic heterocycles. The number of nitrogens with one attached hydrogen (secondary N) is 2. The molecule has 0 bridgehead atoms. The van der Waals surface area contributed by atoms with Crippen molar-refractivity contribution in [1.29, 1.82) is 0 Å². The Morgan fingerprint density at radius 2 is 2.00 bits per heavy atom. The first kappa shape index (κ1) is 17.8. The van der Waals surface area contributed by atoms with Gasteiger partial charge in [-0.05, 0) is 53.3 Å². The van der Waals surface area contributed by atoms with Crippen molar-refractivity contribution in [3.63, 3.8) is 0 Å². The molecular weight excluding hydrogens is 461 g/mol. The molecule has 1 aliphatic rings. The first-order chi connectivity index (χ1) is 12.9. The number of aryl methyl sites for hydroxylation is 1. The Labute approximate surface area is 168 Å². The molecule has 0 saturated carbocycles. The second kappa shape index (κ2) is 6.87. The number of aromatic amines is 2. The van der Waals surface area contributed by atoms with Gasteiger partial charge >= 0.3 is 6.09 Å². The van der Waals surface area contributed by atoms with Crippen LogP contribution in [0.2, 0.25) is 0 Å². The quantitative estimate of drug-likeness (QED) is 0.491. The zero-order chi connectivity index (χ0) is 19.1. The van der Waals surface area contributed by atoms with Crippen LogP contribution in [0, 0.1) is 10.5 Å². The number of H-pyrrole nitrogens is 2. The minimum Gasteiger partial charge on any atom is -0.465 e. The zero-order valence-electron chi connectivity index (χ0n) is 14.6. The molecular formula is C18H18IN5O3. The van der Waals surface area contributed by atoms with Gasteiger partial charge in [0.15, 0.2) is 0 Å². The van der Waals surface area contributed by atoms with Crippen LogP contribution < -0.4 is 10.5 Å². The maximum Gasteiger partial charge on any atom is 0.407 e. The fourth-order valence-corrected chi connectivity index (χ4v) is 4.08. The molecule has 1 amide bonds. The minimum atomic E-state index is -0.873. The molecule has 3 aromatic rings. The van der Waals surface area contributed by atoms with Crippen LogP contribution in [0.4, 0.5) is 10.5 Å². The predicted molar refractivity (Wildman–Crippen MR) is 111 cm³/mol. The molecule has 3 heterocycles. The van der Waals surface area contributed by atoms with Crippen LogP contribution in [0.5, 0.6) is 0 Å². The number of pyridine rings is 1. The van der Waals surface area contributed by atoms with E-state index in [0.717, 1.165) is 25.9 Å². The molecule has 1 aromatic carbocycles. The average molecular weight is 479 g/mol. The lowest BCUT2D eigenvalue weighted by Crippen LogP contribution is -2.48. The fraction of sp³-hybridized carbons (Fsp3) is 0.278. The number of piperazine rings is 1. The van der Waals surface area contributed by atoms with Crippen LogP contribution in [0.25, 0.3) is 22.4 Å². The summed E-state index contributed by atoms with van der Waals surface area (Å²) in [5.74, 6) is 0.548. The van der Waals surface area contributed by atoms with Gasteiger partial charge in [0.25, 0.3) is 5.56 Å². The van der Waals surface area contributed by atoms with Crippen LogP contribution in [0.3, 0.4) is 0 Å². The number of benzene rings is 1. The molecule has 3 N–H and O–H groups in total. The Morgan fingerprint density at radius 3 is 2.67 bits per heavy atom. The van der Waals surface area contributed by atoms with Crippen LogP contribution in [0.1, 0.15) is 5.56 Å². The monoisotopic (exact) mass is 479 g/mol. The Balaban J connectivity index is 1.71. The van der Waals surface area contributed by atoms with E-state index < -0.39 is 6.09 Å². The highest BCUT2D eigenvalue weighted by Gasteiger charge is 2.22. The largest absolute Gasteiger partial charge is 0.465 e. The third-order valence-corrected chi connectivity index (χ3v) is 5.72. The molecule has 140 valence electrons. The summed E-state index contributed by atoms with van der Waals surface area (Å²) in [5, 5.41) is 9.10. The number of imidazole rings is 1. The number of rotatable bonds is 2. The molecule has 0 radical (unpaired) electrons. The van der Waals surface area contributed by atoms with Crippen molar-refractivity contribution >= 4 is 45.4 Å². The lowest BCUT2D eigenvalue weighted by molar-refractivity contribution is 0.142. The number of aromatic nitrogens is 3. The van der Waals surface area contributed by atoms with Crippen molar-refractivity contribution in [2.24, 2.45) is 0 Å². The van der Waals surface area contributed by atoms with Gasteiger partial charge in [0.1, 0.15) is 5.82 Å². The number of carbonyl (C=O) groups is 1. The number of fused-ring (bicyclic) bond motifs is 1. The standard InChI is InChI=1S/C18H18IN5O3/c1-10-8-11(23-4-6-24(7-5-23)18(26)27)9-13-15(10)22-16(21-13)14-12(19)2-3-20-17(14)25/h2-3,8-9H,4-7H2,1H3,(H,20,25)(H,21,22)(H,26,27). The summed E-state index contributed by atoms with van der Waals surface area (Å²) in [6, 6.07) is 5.91. The Hall–Kier alpha value is -2.56. The summed E-state index contributed by atoms with van der Waals surface area (Å²) >= 11 is 2.13. The van der Waals surface area contributed by atoms with E-state index in [9.17, 15) is 9.59 Å². The lowest BCUT2D eigenvalue weighted by atomic mass is 10.1. The summed E-state index contributed by atoms with van der Waals surface area (Å²) in [4.78, 5) is 37.5. The Bertz CT molecular complexity index is 1080. The topological polar surface area (TPSA) is 105 Å². The summed E-state index contributed by atoms with van der Waals surface area (Å²) in [5.41, 5.74) is 4.08. The zero-order valence-corrected chi connectivity index (χ0v) is 16.8. The summed E-state index contributed by atoms with van der Waals surface area (Å²) < 4.78 is 0.832. The second-order valence-electron chi connectivity index (χ2n) is 6.53. The molecule has 0 atom stereocenters. The summed E-state index contributed by atoms with van der Waals surface area (Å²) in [6.45, 7) is 4.25. The lowest BCUT2D eigenvalue weighted by Gasteiger charge is -2.34. The molecule has 0 spiro atoms. The highest BCUT2D eigenvalue weighted by molar-refractivity contribution is 14.1. The number of amides is 1. The normalized spacial score (nSPS) is 14.7. The van der Waals surface area contributed by atoms with Gasteiger partial charge in [-0.3, -0.25) is 4.79 Å². The van der Waals surface area contributed by atoms with Crippen molar-refractivity contribution in [3.05, 3.63) is 43.9 Å². The minimum absolute atomic E-state index is 0.177. The number of carboxylic acid groups (broad SMARTS) is 1. The number of hydrogen-bond donors (Lipinski definition) is 3. The van der Waals surface area contributed by atoms with E-state index in [0.29, 0.717) is 37.6 Å². The molecule has 8 nitrogen and oxygen atoms in total. The molecule has 4 rings (SSSR count). The van der Waals surface area contributed by atoms with Crippen molar-refractivity contribution in [2.75, 3.05) is 31.1 Å². The van der Waals surface area contributed by atoms with Gasteiger partial charge < -0.3 is 24.9 Å². The first-order valence-corrected chi connectivity index (χ1v) is 9.62. The molecule has 1 saturated heterocycles. The van der Waals surface area contributed by atoms with Gasteiger partial charge in [0.2, 0.25) is 0 Å².